The normalized spacial score (nSPS) is 37.4. The second-order valence-corrected chi connectivity index (χ2v) is 6.93. The van der Waals surface area contributed by atoms with Crippen LogP contribution >= 0.6 is 0 Å². The van der Waals surface area contributed by atoms with Crippen molar-refractivity contribution in [3.05, 3.63) is 0 Å². The second kappa shape index (κ2) is 7.64. The summed E-state index contributed by atoms with van der Waals surface area (Å²) in [5.41, 5.74) is 0. The Morgan fingerprint density at radius 1 is 1.05 bits per heavy atom. The lowest BCUT2D eigenvalue weighted by molar-refractivity contribution is 0.0688. The van der Waals surface area contributed by atoms with Crippen molar-refractivity contribution in [2.24, 2.45) is 11.8 Å². The van der Waals surface area contributed by atoms with Gasteiger partial charge in [-0.05, 0) is 63.5 Å². The molecule has 0 aromatic rings. The maximum atomic E-state index is 3.78. The molecule has 0 spiro atoms. The lowest BCUT2D eigenvalue weighted by Crippen LogP contribution is -2.52. The molecule has 1 N–H and O–H groups in total. The monoisotopic (exact) mass is 266 g/mol. The molecule has 1 aliphatic carbocycles. The van der Waals surface area contributed by atoms with Gasteiger partial charge in [0.15, 0.2) is 0 Å². The summed E-state index contributed by atoms with van der Waals surface area (Å²) in [6.07, 6.45) is 9.77. The summed E-state index contributed by atoms with van der Waals surface area (Å²) in [5.74, 6) is 1.85. The summed E-state index contributed by atoms with van der Waals surface area (Å²) < 4.78 is 0. The Labute approximate surface area is 120 Å². The van der Waals surface area contributed by atoms with E-state index in [0.717, 1.165) is 23.9 Å². The first-order chi connectivity index (χ1) is 9.24. The van der Waals surface area contributed by atoms with Crippen molar-refractivity contribution in [3.63, 3.8) is 0 Å². The minimum atomic E-state index is 0.781. The number of nitrogens with one attached hydrogen (secondary N) is 1. The van der Waals surface area contributed by atoms with E-state index in [1.807, 2.05) is 0 Å². The number of rotatable bonds is 5. The van der Waals surface area contributed by atoms with E-state index in [0.29, 0.717) is 0 Å². The van der Waals surface area contributed by atoms with E-state index in [1.165, 1.54) is 64.6 Å². The summed E-state index contributed by atoms with van der Waals surface area (Å²) in [7, 11) is 0. The van der Waals surface area contributed by atoms with Gasteiger partial charge in [-0.25, -0.2) is 0 Å². The van der Waals surface area contributed by atoms with Gasteiger partial charge in [0.1, 0.15) is 0 Å². The Kier molecular flexibility index (Phi) is 6.15. The highest BCUT2D eigenvalue weighted by molar-refractivity contribution is 4.88. The molecule has 2 fully saturated rings. The molecule has 1 aliphatic heterocycles. The van der Waals surface area contributed by atoms with E-state index in [4.69, 9.17) is 0 Å². The van der Waals surface area contributed by atoms with E-state index < -0.39 is 0 Å². The zero-order valence-electron chi connectivity index (χ0n) is 13.3. The molecule has 1 saturated heterocycles. The van der Waals surface area contributed by atoms with Crippen molar-refractivity contribution in [1.82, 2.24) is 10.2 Å². The minimum Gasteiger partial charge on any atom is -0.314 e. The van der Waals surface area contributed by atoms with Crippen LogP contribution in [0.2, 0.25) is 0 Å². The Morgan fingerprint density at radius 2 is 1.79 bits per heavy atom. The van der Waals surface area contributed by atoms with Gasteiger partial charge < -0.3 is 5.32 Å². The molecule has 0 radical (unpaired) electrons. The zero-order valence-corrected chi connectivity index (χ0v) is 13.3. The van der Waals surface area contributed by atoms with Crippen LogP contribution in [-0.2, 0) is 0 Å². The summed E-state index contributed by atoms with van der Waals surface area (Å²) in [6, 6.07) is 1.68. The molecule has 2 atom stereocenters. The van der Waals surface area contributed by atoms with E-state index in [1.54, 1.807) is 0 Å². The predicted octanol–water partition coefficient (Wildman–Crippen LogP) is 3.67. The van der Waals surface area contributed by atoms with Gasteiger partial charge in [-0.15, -0.1) is 0 Å². The topological polar surface area (TPSA) is 15.3 Å². The molecule has 1 heterocycles. The van der Waals surface area contributed by atoms with Gasteiger partial charge in [0, 0.05) is 18.6 Å². The molecule has 0 aromatic heterocycles. The van der Waals surface area contributed by atoms with Crippen LogP contribution in [0.15, 0.2) is 0 Å². The van der Waals surface area contributed by atoms with Crippen LogP contribution in [-0.4, -0.2) is 36.6 Å². The van der Waals surface area contributed by atoms with Crippen LogP contribution < -0.4 is 5.32 Å². The van der Waals surface area contributed by atoms with Crippen molar-refractivity contribution in [1.29, 1.82) is 0 Å². The van der Waals surface area contributed by atoms with Gasteiger partial charge in [0.25, 0.3) is 0 Å². The number of nitrogens with zero attached hydrogens (tertiary/aromatic N) is 1. The summed E-state index contributed by atoms with van der Waals surface area (Å²) in [4.78, 5) is 2.82. The van der Waals surface area contributed by atoms with Gasteiger partial charge in [-0.3, -0.25) is 4.90 Å². The van der Waals surface area contributed by atoms with Crippen molar-refractivity contribution >= 4 is 0 Å². The molecule has 19 heavy (non-hydrogen) atoms. The van der Waals surface area contributed by atoms with Crippen LogP contribution in [0.25, 0.3) is 0 Å². The van der Waals surface area contributed by atoms with Crippen molar-refractivity contribution in [2.75, 3.05) is 19.6 Å². The zero-order chi connectivity index (χ0) is 13.7. The third-order valence-electron chi connectivity index (χ3n) is 5.45. The van der Waals surface area contributed by atoms with E-state index in [9.17, 15) is 0 Å². The van der Waals surface area contributed by atoms with Gasteiger partial charge in [0.2, 0.25) is 0 Å². The lowest BCUT2D eigenvalue weighted by atomic mass is 9.83. The maximum Gasteiger partial charge on any atom is 0.0120 e. The molecule has 2 rings (SSSR count). The van der Waals surface area contributed by atoms with Crippen LogP contribution in [0.4, 0.5) is 0 Å². The Balaban J connectivity index is 1.82. The van der Waals surface area contributed by atoms with Gasteiger partial charge in [-0.1, -0.05) is 27.2 Å². The lowest BCUT2D eigenvalue weighted by Gasteiger charge is -2.44. The molecule has 0 bridgehead atoms. The van der Waals surface area contributed by atoms with Crippen molar-refractivity contribution in [2.45, 2.75) is 77.8 Å². The average molecular weight is 266 g/mol. The van der Waals surface area contributed by atoms with E-state index in [2.05, 4.69) is 31.0 Å². The highest BCUT2D eigenvalue weighted by atomic mass is 15.2. The van der Waals surface area contributed by atoms with Gasteiger partial charge in [-0.2, -0.15) is 0 Å². The maximum absolute atomic E-state index is 3.78. The smallest absolute Gasteiger partial charge is 0.0120 e. The second-order valence-electron chi connectivity index (χ2n) is 6.93. The van der Waals surface area contributed by atoms with Crippen LogP contribution in [0.3, 0.4) is 0 Å². The average Bonchev–Trinajstić information content (AvgIpc) is 2.46. The molecular weight excluding hydrogens is 232 g/mol. The first kappa shape index (κ1) is 15.3. The molecule has 2 heteroatoms. The number of likely N-dealkylation sites (tertiary alicyclic amines) is 1. The van der Waals surface area contributed by atoms with Crippen LogP contribution in [0, 0.1) is 11.8 Å². The fraction of sp³-hybridized carbons (Fsp3) is 1.00. The molecule has 1 saturated carbocycles. The Bertz CT molecular complexity index is 246. The number of piperidine rings is 1. The van der Waals surface area contributed by atoms with Crippen LogP contribution in [0.5, 0.6) is 0 Å². The van der Waals surface area contributed by atoms with E-state index in [-0.39, 0.29) is 0 Å². The quantitative estimate of drug-likeness (QED) is 0.817. The van der Waals surface area contributed by atoms with Gasteiger partial charge in [0.05, 0.1) is 0 Å². The molecule has 2 unspecified atom stereocenters. The summed E-state index contributed by atoms with van der Waals surface area (Å²) in [5, 5.41) is 3.78. The Hall–Kier alpha value is -0.0800. The molecule has 0 amide bonds. The standard InChI is InChI=1S/C17H34N2/c1-4-11-18-17-10-12-19(13-15(17)5-2)16-8-6-14(3)7-9-16/h14-18H,4-13H2,1-3H3. The Morgan fingerprint density at radius 3 is 2.42 bits per heavy atom. The molecule has 2 aliphatic rings. The minimum absolute atomic E-state index is 0.781. The highest BCUT2D eigenvalue weighted by Gasteiger charge is 2.32. The fourth-order valence-electron chi connectivity index (χ4n) is 4.01. The van der Waals surface area contributed by atoms with Gasteiger partial charge >= 0.3 is 0 Å². The molecule has 112 valence electrons. The fourth-order valence-corrected chi connectivity index (χ4v) is 4.01. The first-order valence-electron chi connectivity index (χ1n) is 8.72. The number of hydrogen-bond donors (Lipinski definition) is 1. The predicted molar refractivity (Wildman–Crippen MR) is 83.5 cm³/mol. The number of hydrogen-bond acceptors (Lipinski definition) is 2. The summed E-state index contributed by atoms with van der Waals surface area (Å²) >= 11 is 0. The molecular formula is C17H34N2. The SMILES string of the molecule is CCCNC1CCN(C2CCC(C)CC2)CC1CC. The van der Waals surface area contributed by atoms with Crippen LogP contribution in [0.1, 0.15) is 65.7 Å². The largest absolute Gasteiger partial charge is 0.314 e. The third-order valence-corrected chi connectivity index (χ3v) is 5.45. The first-order valence-corrected chi connectivity index (χ1v) is 8.72. The summed E-state index contributed by atoms with van der Waals surface area (Å²) in [6.45, 7) is 10.9. The van der Waals surface area contributed by atoms with E-state index >= 15 is 0 Å². The highest BCUT2D eigenvalue weighted by Crippen LogP contribution is 2.30. The van der Waals surface area contributed by atoms with Crippen molar-refractivity contribution in [3.8, 4) is 0 Å². The van der Waals surface area contributed by atoms with Crippen molar-refractivity contribution < 1.29 is 0 Å². The third kappa shape index (κ3) is 4.19. The molecule has 0 aromatic carbocycles. The molecule has 2 nitrogen and oxygen atoms in total.